The second kappa shape index (κ2) is 7.21. The Morgan fingerprint density at radius 3 is 3.00 bits per heavy atom. The van der Waals surface area contributed by atoms with E-state index in [1.807, 2.05) is 12.1 Å². The molecule has 1 aromatic heterocycles. The maximum atomic E-state index is 13.9. The van der Waals surface area contributed by atoms with Crippen molar-refractivity contribution in [3.8, 4) is 0 Å². The van der Waals surface area contributed by atoms with Gasteiger partial charge in [-0.1, -0.05) is 18.2 Å². The van der Waals surface area contributed by atoms with Crippen molar-refractivity contribution in [1.29, 1.82) is 0 Å². The predicted octanol–water partition coefficient (Wildman–Crippen LogP) is 2.97. The van der Waals surface area contributed by atoms with Crippen LogP contribution in [0.15, 0.2) is 47.1 Å². The van der Waals surface area contributed by atoms with E-state index < -0.39 is 0 Å². The molecule has 1 spiro atoms. The molecule has 1 aromatic carbocycles. The van der Waals surface area contributed by atoms with Gasteiger partial charge in [-0.15, -0.1) is 0 Å². The van der Waals surface area contributed by atoms with Crippen LogP contribution in [0.5, 0.6) is 0 Å². The van der Waals surface area contributed by atoms with Gasteiger partial charge in [-0.05, 0) is 37.5 Å². The number of furan rings is 1. The highest BCUT2D eigenvalue weighted by atomic mass is 19.1. The molecule has 2 aliphatic rings. The van der Waals surface area contributed by atoms with Crippen molar-refractivity contribution in [1.82, 2.24) is 10.2 Å². The summed E-state index contributed by atoms with van der Waals surface area (Å²) in [6.45, 7) is 2.83. The summed E-state index contributed by atoms with van der Waals surface area (Å²) >= 11 is 0. The van der Waals surface area contributed by atoms with E-state index in [0.717, 1.165) is 32.4 Å². The molecule has 2 saturated heterocycles. The van der Waals surface area contributed by atoms with E-state index in [1.165, 1.54) is 12.3 Å². The van der Waals surface area contributed by atoms with Crippen LogP contribution >= 0.6 is 0 Å². The third-order valence-electron chi connectivity index (χ3n) is 5.32. The summed E-state index contributed by atoms with van der Waals surface area (Å²) in [5, 5.41) is 3.05. The number of halogens is 1. The van der Waals surface area contributed by atoms with Gasteiger partial charge in [0.05, 0.1) is 11.9 Å². The average molecular weight is 358 g/mol. The van der Waals surface area contributed by atoms with E-state index in [2.05, 4.69) is 10.2 Å². The van der Waals surface area contributed by atoms with Crippen LogP contribution in [0, 0.1) is 5.82 Å². The van der Waals surface area contributed by atoms with Crippen LogP contribution in [0.25, 0.3) is 0 Å². The molecule has 3 heterocycles. The molecule has 26 heavy (non-hydrogen) atoms. The van der Waals surface area contributed by atoms with Crippen LogP contribution in [-0.4, -0.2) is 42.1 Å². The fourth-order valence-corrected chi connectivity index (χ4v) is 4.03. The van der Waals surface area contributed by atoms with E-state index in [-0.39, 0.29) is 23.4 Å². The summed E-state index contributed by atoms with van der Waals surface area (Å²) < 4.78 is 25.2. The van der Waals surface area contributed by atoms with Gasteiger partial charge in [-0.25, -0.2) is 4.39 Å². The Kier molecular flexibility index (Phi) is 4.78. The van der Waals surface area contributed by atoms with Crippen molar-refractivity contribution in [2.24, 2.45) is 0 Å². The molecule has 138 valence electrons. The molecule has 2 fully saturated rings. The van der Waals surface area contributed by atoms with Crippen LogP contribution < -0.4 is 5.32 Å². The van der Waals surface area contributed by atoms with E-state index >= 15 is 0 Å². The second-order valence-corrected chi connectivity index (χ2v) is 7.22. The lowest BCUT2D eigenvalue weighted by Gasteiger charge is -2.38. The predicted molar refractivity (Wildman–Crippen MR) is 94.2 cm³/mol. The van der Waals surface area contributed by atoms with Gasteiger partial charge in [0.1, 0.15) is 5.82 Å². The lowest BCUT2D eigenvalue weighted by Crippen LogP contribution is -2.49. The number of nitrogens with zero attached hydrogens (tertiary/aromatic N) is 1. The molecule has 1 amide bonds. The number of benzene rings is 1. The minimum absolute atomic E-state index is 0.0646. The summed E-state index contributed by atoms with van der Waals surface area (Å²) in [6, 6.07) is 10.3. The molecule has 0 saturated carbocycles. The molecule has 0 unspecified atom stereocenters. The molecular formula is C20H23FN2O3. The molecule has 0 bridgehead atoms. The van der Waals surface area contributed by atoms with Gasteiger partial charge in [0.2, 0.25) is 0 Å². The van der Waals surface area contributed by atoms with Crippen LogP contribution in [0.2, 0.25) is 0 Å². The molecule has 2 aromatic rings. The normalized spacial score (nSPS) is 26.3. The van der Waals surface area contributed by atoms with Crippen molar-refractivity contribution >= 4 is 5.91 Å². The number of amides is 1. The van der Waals surface area contributed by atoms with Crippen molar-refractivity contribution in [3.05, 3.63) is 59.8 Å². The summed E-state index contributed by atoms with van der Waals surface area (Å²) in [5.74, 6) is -0.0157. The molecule has 2 atom stereocenters. The van der Waals surface area contributed by atoms with E-state index in [4.69, 9.17) is 9.15 Å². The van der Waals surface area contributed by atoms with E-state index in [1.54, 1.807) is 18.2 Å². The highest BCUT2D eigenvalue weighted by Crippen LogP contribution is 2.35. The van der Waals surface area contributed by atoms with Gasteiger partial charge < -0.3 is 14.5 Å². The van der Waals surface area contributed by atoms with Gasteiger partial charge in [0.15, 0.2) is 5.76 Å². The molecular weight excluding hydrogens is 335 g/mol. The van der Waals surface area contributed by atoms with Crippen LogP contribution in [0.1, 0.15) is 35.4 Å². The summed E-state index contributed by atoms with van der Waals surface area (Å²) in [5.41, 5.74) is 0.452. The van der Waals surface area contributed by atoms with Crippen molar-refractivity contribution < 1.29 is 18.3 Å². The molecule has 1 N–H and O–H groups in total. The maximum absolute atomic E-state index is 13.9. The number of ether oxygens (including phenoxy) is 1. The minimum Gasteiger partial charge on any atom is -0.459 e. The zero-order chi connectivity index (χ0) is 18.0. The van der Waals surface area contributed by atoms with Crippen LogP contribution in [-0.2, 0) is 11.3 Å². The van der Waals surface area contributed by atoms with Crippen LogP contribution in [0.3, 0.4) is 0 Å². The fraction of sp³-hybridized carbons (Fsp3) is 0.450. The Hall–Kier alpha value is -2.18. The first-order valence-corrected chi connectivity index (χ1v) is 9.08. The first-order valence-electron chi connectivity index (χ1n) is 9.08. The Labute approximate surface area is 152 Å². The number of hydrogen-bond acceptors (Lipinski definition) is 4. The molecule has 0 radical (unpaired) electrons. The average Bonchev–Trinajstić information content (AvgIpc) is 3.28. The first-order chi connectivity index (χ1) is 12.6. The van der Waals surface area contributed by atoms with Crippen molar-refractivity contribution in [2.45, 2.75) is 37.5 Å². The first kappa shape index (κ1) is 17.2. The largest absolute Gasteiger partial charge is 0.459 e. The zero-order valence-corrected chi connectivity index (χ0v) is 14.6. The lowest BCUT2D eigenvalue weighted by molar-refractivity contribution is -0.0794. The summed E-state index contributed by atoms with van der Waals surface area (Å²) in [6.07, 6.45) is 3.96. The standard InChI is InChI=1S/C20H23FN2O3/c21-17-5-2-1-4-15(17)13-23-9-8-20(14-23)12-16(7-11-26-20)22-19(24)18-6-3-10-25-18/h1-6,10,16H,7-9,11-14H2,(H,22,24)/t16-,20+/m0/s1. The number of hydrogen-bond donors (Lipinski definition) is 1. The maximum Gasteiger partial charge on any atom is 0.287 e. The highest BCUT2D eigenvalue weighted by molar-refractivity contribution is 5.91. The lowest BCUT2D eigenvalue weighted by atomic mass is 9.89. The highest BCUT2D eigenvalue weighted by Gasteiger charge is 2.43. The Morgan fingerprint density at radius 1 is 1.31 bits per heavy atom. The number of nitrogens with one attached hydrogen (secondary N) is 1. The van der Waals surface area contributed by atoms with Crippen molar-refractivity contribution in [2.75, 3.05) is 19.7 Å². The van der Waals surface area contributed by atoms with Crippen LogP contribution in [0.4, 0.5) is 4.39 Å². The van der Waals surface area contributed by atoms with Crippen molar-refractivity contribution in [3.63, 3.8) is 0 Å². The zero-order valence-electron chi connectivity index (χ0n) is 14.6. The Morgan fingerprint density at radius 2 is 2.19 bits per heavy atom. The molecule has 0 aliphatic carbocycles. The van der Waals surface area contributed by atoms with Gasteiger partial charge in [-0.2, -0.15) is 0 Å². The minimum atomic E-state index is -0.259. The molecule has 2 aliphatic heterocycles. The molecule has 5 nitrogen and oxygen atoms in total. The monoisotopic (exact) mass is 358 g/mol. The molecule has 4 rings (SSSR count). The Balaban J connectivity index is 1.36. The van der Waals surface area contributed by atoms with Gasteiger partial charge in [-0.3, -0.25) is 9.69 Å². The Bertz CT molecular complexity index is 764. The van der Waals surface area contributed by atoms with E-state index in [9.17, 15) is 9.18 Å². The molecule has 6 heteroatoms. The number of rotatable bonds is 4. The SMILES string of the molecule is O=C(N[C@H]1CCO[C@]2(CCN(Cc3ccccc3F)C2)C1)c1ccco1. The summed E-state index contributed by atoms with van der Waals surface area (Å²) in [7, 11) is 0. The second-order valence-electron chi connectivity index (χ2n) is 7.22. The number of carbonyl (C=O) groups excluding carboxylic acids is 1. The van der Waals surface area contributed by atoms with Gasteiger partial charge in [0.25, 0.3) is 5.91 Å². The smallest absolute Gasteiger partial charge is 0.287 e. The van der Waals surface area contributed by atoms with E-state index in [0.29, 0.717) is 24.5 Å². The third-order valence-corrected chi connectivity index (χ3v) is 5.32. The number of carbonyl (C=O) groups is 1. The quantitative estimate of drug-likeness (QED) is 0.913. The van der Waals surface area contributed by atoms with Gasteiger partial charge in [0, 0.05) is 37.8 Å². The number of likely N-dealkylation sites (tertiary alicyclic amines) is 1. The summed E-state index contributed by atoms with van der Waals surface area (Å²) in [4.78, 5) is 14.5. The van der Waals surface area contributed by atoms with Gasteiger partial charge >= 0.3 is 0 Å². The topological polar surface area (TPSA) is 54.7 Å². The fourth-order valence-electron chi connectivity index (χ4n) is 4.03. The third kappa shape index (κ3) is 3.66.